The molecule has 150 valence electrons. The van der Waals surface area contributed by atoms with Crippen molar-refractivity contribution in [3.05, 3.63) is 71.0 Å². The van der Waals surface area contributed by atoms with Crippen molar-refractivity contribution < 1.29 is 14.0 Å². The fourth-order valence-electron chi connectivity index (χ4n) is 2.79. The summed E-state index contributed by atoms with van der Waals surface area (Å²) in [5, 5.41) is 2.77. The van der Waals surface area contributed by atoms with Crippen molar-refractivity contribution in [2.45, 2.75) is 39.1 Å². The van der Waals surface area contributed by atoms with Crippen LogP contribution in [0.5, 0.6) is 0 Å². The number of carbonyl (C=O) groups excluding carboxylic acids is 2. The molecule has 0 aliphatic carbocycles. The average Bonchev–Trinajstić information content (AvgIpc) is 2.68. The lowest BCUT2D eigenvalue weighted by molar-refractivity contribution is -0.138. The number of hydrogen-bond acceptors (Lipinski definition) is 3. The zero-order chi connectivity index (χ0) is 20.5. The van der Waals surface area contributed by atoms with E-state index in [2.05, 4.69) is 24.4 Å². The van der Waals surface area contributed by atoms with Gasteiger partial charge in [0, 0.05) is 18.8 Å². The van der Waals surface area contributed by atoms with Crippen LogP contribution < -0.4 is 5.32 Å². The smallest absolute Gasteiger partial charge is 0.242 e. The van der Waals surface area contributed by atoms with Gasteiger partial charge in [0.05, 0.1) is 5.75 Å². The normalized spacial score (nSPS) is 11.7. The molecule has 0 spiro atoms. The van der Waals surface area contributed by atoms with Gasteiger partial charge in [-0.15, -0.1) is 11.8 Å². The Bertz CT molecular complexity index is 795. The quantitative estimate of drug-likeness (QED) is 0.692. The molecule has 1 atom stereocenters. The number of halogens is 1. The van der Waals surface area contributed by atoms with Crippen LogP contribution in [-0.2, 0) is 21.9 Å². The van der Waals surface area contributed by atoms with E-state index in [1.54, 1.807) is 24.0 Å². The van der Waals surface area contributed by atoms with Crippen molar-refractivity contribution >= 4 is 23.6 Å². The lowest BCUT2D eigenvalue weighted by Crippen LogP contribution is -2.48. The van der Waals surface area contributed by atoms with E-state index in [-0.39, 0.29) is 29.9 Å². The highest BCUT2D eigenvalue weighted by Gasteiger charge is 2.25. The lowest BCUT2D eigenvalue weighted by Gasteiger charge is -2.28. The molecule has 2 aromatic carbocycles. The highest BCUT2D eigenvalue weighted by atomic mass is 32.2. The molecule has 0 unspecified atom stereocenters. The average molecular weight is 403 g/mol. The molecule has 28 heavy (non-hydrogen) atoms. The van der Waals surface area contributed by atoms with Gasteiger partial charge in [0.25, 0.3) is 0 Å². The molecule has 0 aliphatic rings. The van der Waals surface area contributed by atoms with E-state index in [1.807, 2.05) is 19.1 Å². The van der Waals surface area contributed by atoms with Gasteiger partial charge in [-0.25, -0.2) is 4.39 Å². The van der Waals surface area contributed by atoms with Crippen LogP contribution in [0.15, 0.2) is 48.5 Å². The summed E-state index contributed by atoms with van der Waals surface area (Å²) in [4.78, 5) is 26.8. The molecule has 0 aliphatic heterocycles. The topological polar surface area (TPSA) is 49.4 Å². The van der Waals surface area contributed by atoms with Crippen LogP contribution in [0, 0.1) is 12.7 Å². The van der Waals surface area contributed by atoms with E-state index in [9.17, 15) is 14.0 Å². The van der Waals surface area contributed by atoms with Crippen LogP contribution in [0.3, 0.4) is 0 Å². The third kappa shape index (κ3) is 6.37. The van der Waals surface area contributed by atoms with Crippen LogP contribution in [0.4, 0.5) is 4.39 Å². The molecular formula is C22H27FN2O2S. The molecule has 0 aromatic heterocycles. The van der Waals surface area contributed by atoms with Crippen LogP contribution in [0.2, 0.25) is 0 Å². The molecule has 4 nitrogen and oxygen atoms in total. The van der Waals surface area contributed by atoms with Gasteiger partial charge in [-0.1, -0.05) is 36.4 Å². The zero-order valence-corrected chi connectivity index (χ0v) is 17.4. The molecule has 2 amide bonds. The Morgan fingerprint density at radius 1 is 1.14 bits per heavy atom. The number of rotatable bonds is 9. The predicted octanol–water partition coefficient (Wildman–Crippen LogP) is 3.92. The van der Waals surface area contributed by atoms with E-state index in [1.165, 1.54) is 35.0 Å². The Balaban J connectivity index is 2.05. The number of amides is 2. The van der Waals surface area contributed by atoms with Gasteiger partial charge >= 0.3 is 0 Å². The monoisotopic (exact) mass is 402 g/mol. The van der Waals surface area contributed by atoms with Crippen molar-refractivity contribution in [3.8, 4) is 0 Å². The molecule has 2 rings (SSSR count). The Morgan fingerprint density at radius 3 is 2.46 bits per heavy atom. The Morgan fingerprint density at radius 2 is 1.82 bits per heavy atom. The molecule has 0 bridgehead atoms. The zero-order valence-electron chi connectivity index (χ0n) is 16.6. The van der Waals surface area contributed by atoms with Gasteiger partial charge in [-0.05, 0) is 49.6 Å². The van der Waals surface area contributed by atoms with Crippen LogP contribution in [0.25, 0.3) is 0 Å². The van der Waals surface area contributed by atoms with Crippen LogP contribution in [0.1, 0.15) is 30.5 Å². The van der Waals surface area contributed by atoms with Crippen molar-refractivity contribution in [1.82, 2.24) is 10.2 Å². The Hall–Kier alpha value is -2.34. The first-order valence-corrected chi connectivity index (χ1v) is 10.5. The Labute approximate surface area is 170 Å². The van der Waals surface area contributed by atoms with Crippen molar-refractivity contribution in [3.63, 3.8) is 0 Å². The molecule has 0 radical (unpaired) electrons. The highest BCUT2D eigenvalue weighted by molar-refractivity contribution is 7.99. The number of aryl methyl sites for hydroxylation is 1. The van der Waals surface area contributed by atoms with Gasteiger partial charge in [0.2, 0.25) is 11.8 Å². The van der Waals surface area contributed by atoms with Crippen molar-refractivity contribution in [1.29, 1.82) is 0 Å². The molecule has 6 heteroatoms. The largest absolute Gasteiger partial charge is 0.355 e. The second kappa shape index (κ2) is 10.9. The van der Waals surface area contributed by atoms with Gasteiger partial charge in [-0.2, -0.15) is 0 Å². The summed E-state index contributed by atoms with van der Waals surface area (Å²) in [7, 11) is 0. The number of likely N-dealkylation sites (N-methyl/N-ethyl adjacent to an activating group) is 1. The molecule has 0 saturated carbocycles. The number of nitrogens with zero attached hydrogens (tertiary/aromatic N) is 1. The van der Waals surface area contributed by atoms with Gasteiger partial charge in [0.15, 0.2) is 0 Å². The van der Waals surface area contributed by atoms with E-state index in [0.717, 1.165) is 11.3 Å². The van der Waals surface area contributed by atoms with Gasteiger partial charge in [-0.3, -0.25) is 9.59 Å². The standard InChI is InChI=1S/C22H27FN2O2S/c1-4-24-22(27)17(3)25(13-18-9-11-20(23)12-10-18)21(26)15-28-14-19-8-6-5-7-16(19)2/h5-12,17H,4,13-15H2,1-3H3,(H,24,27)/t17-/m0/s1. The molecule has 0 heterocycles. The van der Waals surface area contributed by atoms with Crippen LogP contribution >= 0.6 is 11.8 Å². The summed E-state index contributed by atoms with van der Waals surface area (Å²) < 4.78 is 13.2. The minimum absolute atomic E-state index is 0.110. The number of nitrogens with one attached hydrogen (secondary N) is 1. The fraction of sp³-hybridized carbons (Fsp3) is 0.364. The molecular weight excluding hydrogens is 375 g/mol. The maximum absolute atomic E-state index is 13.2. The fourth-order valence-corrected chi connectivity index (χ4v) is 3.78. The van der Waals surface area contributed by atoms with Gasteiger partial charge < -0.3 is 10.2 Å². The van der Waals surface area contributed by atoms with Gasteiger partial charge in [0.1, 0.15) is 11.9 Å². The first kappa shape index (κ1) is 22.0. The lowest BCUT2D eigenvalue weighted by atomic mass is 10.1. The minimum atomic E-state index is -0.600. The second-order valence-corrected chi connectivity index (χ2v) is 7.62. The second-order valence-electron chi connectivity index (χ2n) is 6.64. The summed E-state index contributed by atoms with van der Waals surface area (Å²) in [5.41, 5.74) is 3.18. The maximum Gasteiger partial charge on any atom is 0.242 e. The summed E-state index contributed by atoms with van der Waals surface area (Å²) >= 11 is 1.53. The maximum atomic E-state index is 13.2. The third-order valence-corrected chi connectivity index (χ3v) is 5.50. The summed E-state index contributed by atoms with van der Waals surface area (Å²) in [6.45, 7) is 6.38. The number of hydrogen-bond donors (Lipinski definition) is 1. The molecule has 2 aromatic rings. The molecule has 1 N–H and O–H groups in total. The van der Waals surface area contributed by atoms with E-state index in [4.69, 9.17) is 0 Å². The number of carbonyl (C=O) groups is 2. The highest BCUT2D eigenvalue weighted by Crippen LogP contribution is 2.18. The number of thioether (sulfide) groups is 1. The Kier molecular flexibility index (Phi) is 8.51. The van der Waals surface area contributed by atoms with Crippen molar-refractivity contribution in [2.24, 2.45) is 0 Å². The SMILES string of the molecule is CCNC(=O)[C@H](C)N(Cc1ccc(F)cc1)C(=O)CSCc1ccccc1C. The number of benzene rings is 2. The van der Waals surface area contributed by atoms with E-state index in [0.29, 0.717) is 6.54 Å². The van der Waals surface area contributed by atoms with Crippen LogP contribution in [-0.4, -0.2) is 35.1 Å². The summed E-state index contributed by atoms with van der Waals surface area (Å²) in [6.07, 6.45) is 0. The predicted molar refractivity (Wildman–Crippen MR) is 112 cm³/mol. The van der Waals surface area contributed by atoms with Crippen molar-refractivity contribution in [2.75, 3.05) is 12.3 Å². The first-order valence-electron chi connectivity index (χ1n) is 9.36. The summed E-state index contributed by atoms with van der Waals surface area (Å²) in [6, 6.07) is 13.5. The molecule has 0 saturated heterocycles. The first-order chi connectivity index (χ1) is 13.4. The summed E-state index contributed by atoms with van der Waals surface area (Å²) in [5.74, 6) is 0.383. The minimum Gasteiger partial charge on any atom is -0.355 e. The van der Waals surface area contributed by atoms with E-state index >= 15 is 0 Å². The third-order valence-electron chi connectivity index (χ3n) is 4.53. The van der Waals surface area contributed by atoms with E-state index < -0.39 is 6.04 Å². The molecule has 0 fully saturated rings.